The molecule has 1 saturated heterocycles. The van der Waals surface area contributed by atoms with Crippen LogP contribution < -0.4 is 19.9 Å². The Labute approximate surface area is 199 Å². The molecule has 2 heterocycles. The molecule has 0 saturated carbocycles. The van der Waals surface area contributed by atoms with E-state index in [-0.39, 0.29) is 6.10 Å². The highest BCUT2D eigenvalue weighted by Crippen LogP contribution is 2.30. The summed E-state index contributed by atoms with van der Waals surface area (Å²) in [5, 5.41) is 9.68. The normalized spacial score (nSPS) is 13.8. The third kappa shape index (κ3) is 5.81. The molecule has 34 heavy (non-hydrogen) atoms. The van der Waals surface area contributed by atoms with Gasteiger partial charge in [-0.25, -0.2) is 9.97 Å². The van der Waals surface area contributed by atoms with E-state index in [0.717, 1.165) is 29.7 Å². The molecule has 0 amide bonds. The minimum Gasteiger partial charge on any atom is -0.493 e. The van der Waals surface area contributed by atoms with Crippen LogP contribution in [0.15, 0.2) is 48.7 Å². The first-order valence-corrected chi connectivity index (χ1v) is 11.3. The van der Waals surface area contributed by atoms with Gasteiger partial charge >= 0.3 is 0 Å². The van der Waals surface area contributed by atoms with Gasteiger partial charge in [0.2, 0.25) is 0 Å². The van der Waals surface area contributed by atoms with E-state index in [9.17, 15) is 5.26 Å². The van der Waals surface area contributed by atoms with Gasteiger partial charge in [0.1, 0.15) is 30.4 Å². The largest absolute Gasteiger partial charge is 0.493 e. The molecule has 176 valence electrons. The molecule has 0 bridgehead atoms. The average Bonchev–Trinajstić information content (AvgIpc) is 2.89. The Morgan fingerprint density at radius 2 is 1.91 bits per heavy atom. The monoisotopic (exact) mass is 460 g/mol. The van der Waals surface area contributed by atoms with E-state index in [4.69, 9.17) is 29.7 Å². The molecule has 1 aliphatic heterocycles. The number of aromatic nitrogens is 2. The van der Waals surface area contributed by atoms with Gasteiger partial charge in [-0.3, -0.25) is 0 Å². The Balaban J connectivity index is 1.51. The Kier molecular flexibility index (Phi) is 7.91. The van der Waals surface area contributed by atoms with Crippen molar-refractivity contribution >= 4 is 0 Å². The lowest BCUT2D eigenvalue weighted by Crippen LogP contribution is -2.26. The van der Waals surface area contributed by atoms with Crippen molar-refractivity contribution in [1.29, 1.82) is 5.26 Å². The predicted molar refractivity (Wildman–Crippen MR) is 127 cm³/mol. The number of rotatable bonds is 9. The fourth-order valence-corrected chi connectivity index (χ4v) is 3.79. The molecule has 0 atom stereocenters. The van der Waals surface area contributed by atoms with E-state index in [1.54, 1.807) is 13.3 Å². The first-order valence-electron chi connectivity index (χ1n) is 11.3. The lowest BCUT2D eigenvalue weighted by molar-refractivity contribution is 0.0254. The third-order valence-corrected chi connectivity index (χ3v) is 5.53. The van der Waals surface area contributed by atoms with Crippen molar-refractivity contribution in [3.05, 3.63) is 65.6 Å². The third-order valence-electron chi connectivity index (χ3n) is 5.53. The molecule has 8 nitrogen and oxygen atoms in total. The molecule has 2 N–H and O–H groups in total. The van der Waals surface area contributed by atoms with Crippen LogP contribution in [0.4, 0.5) is 0 Å². The lowest BCUT2D eigenvalue weighted by Gasteiger charge is -2.23. The molecule has 4 rings (SSSR count). The first kappa shape index (κ1) is 23.5. The Morgan fingerprint density at radius 1 is 1.09 bits per heavy atom. The van der Waals surface area contributed by atoms with Crippen molar-refractivity contribution in [2.45, 2.75) is 25.4 Å². The van der Waals surface area contributed by atoms with Gasteiger partial charge in [-0.1, -0.05) is 6.07 Å². The number of benzene rings is 2. The summed E-state index contributed by atoms with van der Waals surface area (Å²) in [4.78, 5) is 9.14. The van der Waals surface area contributed by atoms with Gasteiger partial charge in [0, 0.05) is 37.6 Å². The second-order valence-corrected chi connectivity index (χ2v) is 7.91. The van der Waals surface area contributed by atoms with E-state index < -0.39 is 0 Å². The van der Waals surface area contributed by atoms with Crippen LogP contribution in [0.5, 0.6) is 17.2 Å². The molecule has 8 heteroatoms. The van der Waals surface area contributed by atoms with E-state index in [0.29, 0.717) is 61.4 Å². The number of hydrogen-bond donors (Lipinski definition) is 1. The molecule has 2 aromatic carbocycles. The smallest absolute Gasteiger partial charge is 0.161 e. The number of ether oxygens (including phenoxy) is 4. The molecule has 1 aliphatic rings. The second kappa shape index (κ2) is 11.5. The number of nitrogens with zero attached hydrogens (tertiary/aromatic N) is 3. The highest BCUT2D eigenvalue weighted by Gasteiger charge is 2.17. The van der Waals surface area contributed by atoms with Crippen LogP contribution in [0.3, 0.4) is 0 Å². The van der Waals surface area contributed by atoms with Crippen LogP contribution >= 0.6 is 0 Å². The number of nitriles is 1. The summed E-state index contributed by atoms with van der Waals surface area (Å²) in [6.07, 6.45) is 3.98. The summed E-state index contributed by atoms with van der Waals surface area (Å²) < 4.78 is 22.5. The number of hydrogen-bond acceptors (Lipinski definition) is 8. The SMILES string of the molecule is COc1cc(Cc2nccc(-c3ccc(OC4CCOCC4)c(C#N)c3)n2)ccc1OCCN. The van der Waals surface area contributed by atoms with Crippen LogP contribution in [0.25, 0.3) is 11.3 Å². The molecule has 0 aliphatic carbocycles. The quantitative estimate of drug-likeness (QED) is 0.516. The Bertz CT molecular complexity index is 1160. The van der Waals surface area contributed by atoms with Gasteiger partial charge in [0.25, 0.3) is 0 Å². The van der Waals surface area contributed by atoms with E-state index in [1.807, 2.05) is 42.5 Å². The van der Waals surface area contributed by atoms with Gasteiger partial charge < -0.3 is 24.7 Å². The molecule has 1 fully saturated rings. The lowest BCUT2D eigenvalue weighted by atomic mass is 10.1. The molecule has 3 aromatic rings. The maximum Gasteiger partial charge on any atom is 0.161 e. The van der Waals surface area contributed by atoms with Crippen LogP contribution in [0.1, 0.15) is 29.8 Å². The number of nitrogens with two attached hydrogens (primary N) is 1. The van der Waals surface area contributed by atoms with Crippen molar-refractivity contribution < 1.29 is 18.9 Å². The average molecular weight is 461 g/mol. The summed E-state index contributed by atoms with van der Waals surface area (Å²) in [7, 11) is 1.60. The van der Waals surface area contributed by atoms with Crippen LogP contribution in [0.2, 0.25) is 0 Å². The van der Waals surface area contributed by atoms with Crippen LogP contribution in [0, 0.1) is 11.3 Å². The molecule has 0 unspecified atom stereocenters. The summed E-state index contributed by atoms with van der Waals surface area (Å²) in [6, 6.07) is 15.4. The zero-order valence-corrected chi connectivity index (χ0v) is 19.2. The number of methoxy groups -OCH3 is 1. The topological polar surface area (TPSA) is 113 Å². The van der Waals surface area contributed by atoms with Crippen molar-refractivity contribution in [3.8, 4) is 34.6 Å². The maximum absolute atomic E-state index is 9.68. The van der Waals surface area contributed by atoms with Crippen LogP contribution in [-0.4, -0.2) is 49.5 Å². The van der Waals surface area contributed by atoms with Gasteiger partial charge in [-0.15, -0.1) is 0 Å². The molecule has 0 spiro atoms. The summed E-state index contributed by atoms with van der Waals surface area (Å²) in [5.41, 5.74) is 8.58. The minimum atomic E-state index is 0.0708. The molecular formula is C26H28N4O4. The van der Waals surface area contributed by atoms with Crippen LogP contribution in [-0.2, 0) is 11.2 Å². The van der Waals surface area contributed by atoms with Gasteiger partial charge in [-0.2, -0.15) is 5.26 Å². The maximum atomic E-state index is 9.68. The van der Waals surface area contributed by atoms with Gasteiger partial charge in [0.15, 0.2) is 11.5 Å². The van der Waals surface area contributed by atoms with Crippen molar-refractivity contribution in [2.75, 3.05) is 33.5 Å². The van der Waals surface area contributed by atoms with Crippen molar-refractivity contribution in [2.24, 2.45) is 5.73 Å². The van der Waals surface area contributed by atoms with Crippen molar-refractivity contribution in [3.63, 3.8) is 0 Å². The van der Waals surface area contributed by atoms with Gasteiger partial charge in [-0.05, 0) is 42.0 Å². The highest BCUT2D eigenvalue weighted by atomic mass is 16.5. The Morgan fingerprint density at radius 3 is 2.68 bits per heavy atom. The molecule has 0 radical (unpaired) electrons. The zero-order valence-electron chi connectivity index (χ0n) is 19.2. The molecular weight excluding hydrogens is 432 g/mol. The fraction of sp³-hybridized carbons (Fsp3) is 0.346. The Hall–Kier alpha value is -3.67. The summed E-state index contributed by atoms with van der Waals surface area (Å²) in [5.74, 6) is 2.55. The fourth-order valence-electron chi connectivity index (χ4n) is 3.79. The van der Waals surface area contributed by atoms with E-state index in [1.165, 1.54) is 0 Å². The summed E-state index contributed by atoms with van der Waals surface area (Å²) >= 11 is 0. The predicted octanol–water partition coefficient (Wildman–Crippen LogP) is 3.51. The molecule has 1 aromatic heterocycles. The highest BCUT2D eigenvalue weighted by molar-refractivity contribution is 5.64. The summed E-state index contributed by atoms with van der Waals surface area (Å²) in [6.45, 7) is 2.22. The van der Waals surface area contributed by atoms with E-state index >= 15 is 0 Å². The van der Waals surface area contributed by atoms with Gasteiger partial charge in [0.05, 0.1) is 31.6 Å². The second-order valence-electron chi connectivity index (χ2n) is 7.91. The van der Waals surface area contributed by atoms with E-state index in [2.05, 4.69) is 11.1 Å². The zero-order chi connectivity index (χ0) is 23.8. The standard InChI is InChI=1S/C26H28N4O4/c1-31-25-14-18(2-4-24(25)33-13-9-27)15-26-29-10-6-22(30-26)19-3-5-23(20(16-19)17-28)34-21-7-11-32-12-8-21/h2-6,10,14,16,21H,7-9,11-13,15,27H2,1H3. The minimum absolute atomic E-state index is 0.0708. The first-order chi connectivity index (χ1) is 16.7. The van der Waals surface area contributed by atoms with Crippen molar-refractivity contribution in [1.82, 2.24) is 9.97 Å².